The minimum Gasteiger partial charge on any atom is -0.486 e. The fourth-order valence-electron chi connectivity index (χ4n) is 3.65. The molecule has 0 aliphatic carbocycles. The van der Waals surface area contributed by atoms with E-state index in [1.54, 1.807) is 35.0 Å². The zero-order valence-corrected chi connectivity index (χ0v) is 20.1. The molecule has 0 aliphatic heterocycles. The van der Waals surface area contributed by atoms with E-state index < -0.39 is 5.82 Å². The summed E-state index contributed by atoms with van der Waals surface area (Å²) in [6, 6.07) is 11.5. The first-order valence-electron chi connectivity index (χ1n) is 10.8. The van der Waals surface area contributed by atoms with E-state index in [9.17, 15) is 9.18 Å². The molecular formula is C26H24ClFN4O2. The van der Waals surface area contributed by atoms with Gasteiger partial charge in [0.2, 0.25) is 0 Å². The van der Waals surface area contributed by atoms with Crippen LogP contribution in [-0.4, -0.2) is 19.5 Å². The van der Waals surface area contributed by atoms with Gasteiger partial charge in [-0.2, -0.15) is 0 Å². The summed E-state index contributed by atoms with van der Waals surface area (Å²) >= 11 is 6.52. The van der Waals surface area contributed by atoms with Crippen molar-refractivity contribution in [1.29, 1.82) is 0 Å². The molecule has 4 aromatic rings. The van der Waals surface area contributed by atoms with E-state index in [4.69, 9.17) is 16.3 Å². The Hall–Kier alpha value is -3.58. The Labute approximate surface area is 202 Å². The Balaban J connectivity index is 1.71. The maximum atomic E-state index is 13.1. The fourth-order valence-corrected chi connectivity index (χ4v) is 3.86. The van der Waals surface area contributed by atoms with Gasteiger partial charge in [-0.15, -0.1) is 0 Å². The van der Waals surface area contributed by atoms with Crippen LogP contribution in [0.25, 0.3) is 16.9 Å². The van der Waals surface area contributed by atoms with Crippen molar-refractivity contribution in [2.45, 2.75) is 40.2 Å². The number of nitrogens with zero attached hydrogens (tertiary/aromatic N) is 4. The largest absolute Gasteiger partial charge is 0.486 e. The van der Waals surface area contributed by atoms with E-state index in [0.717, 1.165) is 34.5 Å². The van der Waals surface area contributed by atoms with Crippen LogP contribution in [0.1, 0.15) is 42.5 Å². The van der Waals surface area contributed by atoms with Crippen molar-refractivity contribution in [3.05, 3.63) is 98.8 Å². The lowest BCUT2D eigenvalue weighted by atomic mass is 10.1. The lowest BCUT2D eigenvalue weighted by Gasteiger charge is -2.18. The number of ether oxygens (including phenoxy) is 1. The Morgan fingerprint density at radius 1 is 1.09 bits per heavy atom. The molecule has 0 N–H and O–H groups in total. The molecule has 0 saturated carbocycles. The predicted molar refractivity (Wildman–Crippen MR) is 130 cm³/mol. The SMILES string of the molecule is Cc1cc(OCc2ccc(F)cn2)c(Cl)cc1-n1c(C)c(-c2ccnc(C(C)C)n2)ccc1=O. The summed E-state index contributed by atoms with van der Waals surface area (Å²) < 4.78 is 20.5. The molecule has 0 spiro atoms. The van der Waals surface area contributed by atoms with Crippen molar-refractivity contribution in [1.82, 2.24) is 19.5 Å². The Morgan fingerprint density at radius 3 is 2.59 bits per heavy atom. The van der Waals surface area contributed by atoms with Gasteiger partial charge < -0.3 is 4.74 Å². The number of benzene rings is 1. The number of hydrogen-bond donors (Lipinski definition) is 0. The minimum atomic E-state index is -0.410. The predicted octanol–water partition coefficient (Wildman–Crippen LogP) is 5.80. The third-order valence-electron chi connectivity index (χ3n) is 5.46. The number of aromatic nitrogens is 4. The number of hydrogen-bond acceptors (Lipinski definition) is 5. The first-order chi connectivity index (χ1) is 16.2. The third-order valence-corrected chi connectivity index (χ3v) is 5.76. The molecule has 1 aromatic carbocycles. The van der Waals surface area contributed by atoms with Crippen LogP contribution in [0.5, 0.6) is 5.75 Å². The smallest absolute Gasteiger partial charge is 0.255 e. The summed E-state index contributed by atoms with van der Waals surface area (Å²) in [5.74, 6) is 0.969. The second-order valence-corrected chi connectivity index (χ2v) is 8.69. The van der Waals surface area contributed by atoms with Crippen molar-refractivity contribution in [3.8, 4) is 22.7 Å². The monoisotopic (exact) mass is 478 g/mol. The Kier molecular flexibility index (Phi) is 6.75. The molecule has 0 radical (unpaired) electrons. The van der Waals surface area contributed by atoms with E-state index in [0.29, 0.717) is 22.2 Å². The van der Waals surface area contributed by atoms with Crippen molar-refractivity contribution in [3.63, 3.8) is 0 Å². The Morgan fingerprint density at radius 2 is 1.88 bits per heavy atom. The highest BCUT2D eigenvalue weighted by Crippen LogP contribution is 2.32. The van der Waals surface area contributed by atoms with Crippen LogP contribution >= 0.6 is 11.6 Å². The average molecular weight is 479 g/mol. The molecule has 0 amide bonds. The highest BCUT2D eigenvalue weighted by molar-refractivity contribution is 6.32. The van der Waals surface area contributed by atoms with Crippen molar-refractivity contribution in [2.24, 2.45) is 0 Å². The fraction of sp³-hybridized carbons (Fsp3) is 0.231. The summed E-state index contributed by atoms with van der Waals surface area (Å²) in [6.45, 7) is 7.97. The Bertz CT molecular complexity index is 1400. The molecule has 0 saturated heterocycles. The lowest BCUT2D eigenvalue weighted by molar-refractivity contribution is 0.301. The van der Waals surface area contributed by atoms with Crippen molar-refractivity contribution < 1.29 is 9.13 Å². The lowest BCUT2D eigenvalue weighted by Crippen LogP contribution is -2.21. The summed E-state index contributed by atoms with van der Waals surface area (Å²) in [4.78, 5) is 25.9. The number of aryl methyl sites for hydroxylation is 1. The standard InChI is InChI=1S/C26H24ClFN4O2/c1-15(2)26-29-10-9-22(31-26)20-7-8-25(33)32(17(20)4)23-12-21(27)24(11-16(23)3)34-14-19-6-5-18(28)13-30-19/h5-13,15H,14H2,1-4H3. The van der Waals surface area contributed by atoms with E-state index >= 15 is 0 Å². The molecule has 4 rings (SSSR count). The van der Waals surface area contributed by atoms with Crippen LogP contribution in [0.4, 0.5) is 4.39 Å². The summed E-state index contributed by atoms with van der Waals surface area (Å²) in [5.41, 5.74) is 4.18. The van der Waals surface area contributed by atoms with Crippen molar-refractivity contribution >= 4 is 11.6 Å². The van der Waals surface area contributed by atoms with E-state index in [2.05, 4.69) is 15.0 Å². The van der Waals surface area contributed by atoms with Gasteiger partial charge >= 0.3 is 0 Å². The number of pyridine rings is 2. The van der Waals surface area contributed by atoms with E-state index in [1.165, 1.54) is 12.1 Å². The van der Waals surface area contributed by atoms with Gasteiger partial charge in [0.1, 0.15) is 24.0 Å². The first-order valence-corrected chi connectivity index (χ1v) is 11.2. The topological polar surface area (TPSA) is 69.9 Å². The van der Waals surface area contributed by atoms with Crippen LogP contribution in [0.3, 0.4) is 0 Å². The minimum absolute atomic E-state index is 0.138. The molecule has 3 aromatic heterocycles. The molecule has 6 nitrogen and oxygen atoms in total. The third kappa shape index (κ3) is 4.84. The highest BCUT2D eigenvalue weighted by atomic mass is 35.5. The zero-order chi connectivity index (χ0) is 24.4. The molecule has 3 heterocycles. The van der Waals surface area contributed by atoms with Crippen molar-refractivity contribution in [2.75, 3.05) is 0 Å². The molecule has 0 bridgehead atoms. The molecule has 0 fully saturated rings. The van der Waals surface area contributed by atoms with Crippen LogP contribution in [-0.2, 0) is 6.61 Å². The second-order valence-electron chi connectivity index (χ2n) is 8.29. The zero-order valence-electron chi connectivity index (χ0n) is 19.3. The maximum Gasteiger partial charge on any atom is 0.255 e. The average Bonchev–Trinajstić information content (AvgIpc) is 2.81. The number of rotatable bonds is 6. The van der Waals surface area contributed by atoms with Gasteiger partial charge in [-0.25, -0.2) is 14.4 Å². The van der Waals surface area contributed by atoms with Crippen LogP contribution in [0.2, 0.25) is 5.02 Å². The molecule has 0 aliphatic rings. The molecule has 174 valence electrons. The van der Waals surface area contributed by atoms with Crippen LogP contribution < -0.4 is 10.3 Å². The maximum absolute atomic E-state index is 13.1. The summed E-state index contributed by atoms with van der Waals surface area (Å²) in [6.07, 6.45) is 2.87. The molecule has 0 unspecified atom stereocenters. The van der Waals surface area contributed by atoms with Gasteiger partial charge in [0.15, 0.2) is 0 Å². The molecular weight excluding hydrogens is 455 g/mol. The first kappa shape index (κ1) is 23.6. The van der Waals surface area contributed by atoms with Gasteiger partial charge in [-0.3, -0.25) is 14.3 Å². The molecule has 34 heavy (non-hydrogen) atoms. The van der Waals surface area contributed by atoms with Gasteiger partial charge in [-0.05, 0) is 55.8 Å². The van der Waals surface area contributed by atoms with Crippen LogP contribution in [0, 0.1) is 19.7 Å². The van der Waals surface area contributed by atoms with Gasteiger partial charge in [0.05, 0.1) is 28.3 Å². The number of halogens is 2. The van der Waals surface area contributed by atoms with E-state index in [1.807, 2.05) is 33.8 Å². The van der Waals surface area contributed by atoms with E-state index in [-0.39, 0.29) is 18.1 Å². The summed E-state index contributed by atoms with van der Waals surface area (Å²) in [5, 5.41) is 0.351. The van der Waals surface area contributed by atoms with Gasteiger partial charge in [0.25, 0.3) is 5.56 Å². The summed E-state index contributed by atoms with van der Waals surface area (Å²) in [7, 11) is 0. The molecule has 8 heteroatoms. The quantitative estimate of drug-likeness (QED) is 0.350. The highest BCUT2D eigenvalue weighted by Gasteiger charge is 2.16. The van der Waals surface area contributed by atoms with Crippen LogP contribution in [0.15, 0.2) is 59.7 Å². The van der Waals surface area contributed by atoms with Gasteiger partial charge in [-0.1, -0.05) is 25.4 Å². The normalized spacial score (nSPS) is 11.1. The van der Waals surface area contributed by atoms with Gasteiger partial charge in [0, 0.05) is 29.4 Å². The second kappa shape index (κ2) is 9.73. The molecule has 0 atom stereocenters.